The normalized spacial score (nSPS) is 10.6. The molecule has 0 aromatic carbocycles. The number of allylic oxidation sites excluding steroid dienone is 1. The van der Waals surface area contributed by atoms with E-state index in [1.165, 1.54) is 0 Å². The number of unbranched alkanes of at least 4 members (excludes halogenated alkanes) is 1. The highest BCUT2D eigenvalue weighted by Gasteiger charge is 2.36. The smallest absolute Gasteiger partial charge is 0.240 e. The summed E-state index contributed by atoms with van der Waals surface area (Å²) < 4.78 is 0. The molecule has 0 unspecified atom stereocenters. The minimum absolute atomic E-state index is 0.104. The predicted octanol–water partition coefficient (Wildman–Crippen LogP) is 3.18. The van der Waals surface area contributed by atoms with Crippen molar-refractivity contribution in [2.45, 2.75) is 52.4 Å². The van der Waals surface area contributed by atoms with E-state index < -0.39 is 5.41 Å². The van der Waals surface area contributed by atoms with Gasteiger partial charge in [-0.05, 0) is 25.7 Å². The molecule has 0 aliphatic carbocycles. The zero-order chi connectivity index (χ0) is 13.1. The van der Waals surface area contributed by atoms with Crippen molar-refractivity contribution in [3.8, 4) is 6.07 Å². The molecule has 0 aromatic rings. The van der Waals surface area contributed by atoms with Crippen LogP contribution in [0.5, 0.6) is 0 Å². The quantitative estimate of drug-likeness (QED) is 0.494. The van der Waals surface area contributed by atoms with E-state index in [1.807, 2.05) is 19.9 Å². The van der Waals surface area contributed by atoms with Gasteiger partial charge in [0.05, 0.1) is 6.07 Å². The van der Waals surface area contributed by atoms with Crippen molar-refractivity contribution in [3.63, 3.8) is 0 Å². The second-order valence-electron chi connectivity index (χ2n) is 4.38. The fraction of sp³-hybridized carbons (Fsp3) is 0.714. The zero-order valence-electron chi connectivity index (χ0n) is 11.1. The van der Waals surface area contributed by atoms with Crippen LogP contribution in [0.3, 0.4) is 0 Å². The third kappa shape index (κ3) is 5.04. The van der Waals surface area contributed by atoms with Crippen molar-refractivity contribution in [1.29, 1.82) is 5.26 Å². The van der Waals surface area contributed by atoms with Gasteiger partial charge in [-0.1, -0.05) is 32.8 Å². The molecule has 96 valence electrons. The molecule has 0 aromatic heterocycles. The average molecular weight is 236 g/mol. The number of amides is 1. The molecule has 0 rings (SSSR count). The van der Waals surface area contributed by atoms with Gasteiger partial charge in [0, 0.05) is 6.54 Å². The number of nitrogens with zero attached hydrogens (tertiary/aromatic N) is 1. The van der Waals surface area contributed by atoms with Crippen LogP contribution in [-0.4, -0.2) is 12.5 Å². The van der Waals surface area contributed by atoms with E-state index in [-0.39, 0.29) is 5.91 Å². The summed E-state index contributed by atoms with van der Waals surface area (Å²) in [5, 5.41) is 12.2. The molecule has 0 fully saturated rings. The first kappa shape index (κ1) is 15.7. The molecule has 0 aliphatic rings. The second kappa shape index (κ2) is 8.81. The first-order chi connectivity index (χ1) is 8.16. The van der Waals surface area contributed by atoms with Crippen molar-refractivity contribution in [2.24, 2.45) is 5.41 Å². The standard InChI is InChI=1S/C14H24N2O/c1-4-7-8-11-16-13(17)14(12-15,9-5-2)10-6-3/h4H,1,5-11H2,2-3H3,(H,16,17). The van der Waals surface area contributed by atoms with Gasteiger partial charge in [0.15, 0.2) is 0 Å². The summed E-state index contributed by atoms with van der Waals surface area (Å²) >= 11 is 0. The molecular weight excluding hydrogens is 212 g/mol. The summed E-state index contributed by atoms with van der Waals surface area (Å²) in [4.78, 5) is 12.1. The number of nitrogens with one attached hydrogen (secondary N) is 1. The SMILES string of the molecule is C=CCCCNC(=O)C(C#N)(CCC)CCC. The molecule has 0 spiro atoms. The monoisotopic (exact) mass is 236 g/mol. The van der Waals surface area contributed by atoms with Gasteiger partial charge in [-0.25, -0.2) is 0 Å². The lowest BCUT2D eigenvalue weighted by molar-refractivity contribution is -0.128. The maximum Gasteiger partial charge on any atom is 0.240 e. The topological polar surface area (TPSA) is 52.9 Å². The summed E-state index contributed by atoms with van der Waals surface area (Å²) in [6.45, 7) is 8.28. The highest BCUT2D eigenvalue weighted by molar-refractivity contribution is 5.85. The lowest BCUT2D eigenvalue weighted by Gasteiger charge is -2.24. The number of nitriles is 1. The Hall–Kier alpha value is -1.30. The third-order valence-corrected chi connectivity index (χ3v) is 2.87. The van der Waals surface area contributed by atoms with Gasteiger partial charge in [0.1, 0.15) is 5.41 Å². The lowest BCUT2D eigenvalue weighted by Crippen LogP contribution is -2.40. The van der Waals surface area contributed by atoms with E-state index in [4.69, 9.17) is 0 Å². The van der Waals surface area contributed by atoms with Crippen LogP contribution in [-0.2, 0) is 4.79 Å². The molecule has 3 nitrogen and oxygen atoms in total. The van der Waals surface area contributed by atoms with Crippen molar-refractivity contribution in [3.05, 3.63) is 12.7 Å². The Morgan fingerprint density at radius 3 is 2.41 bits per heavy atom. The molecule has 0 bridgehead atoms. The zero-order valence-corrected chi connectivity index (χ0v) is 11.1. The fourth-order valence-corrected chi connectivity index (χ4v) is 1.99. The number of hydrogen-bond donors (Lipinski definition) is 1. The molecule has 1 N–H and O–H groups in total. The van der Waals surface area contributed by atoms with Gasteiger partial charge < -0.3 is 5.32 Å². The van der Waals surface area contributed by atoms with Crippen LogP contribution >= 0.6 is 0 Å². The largest absolute Gasteiger partial charge is 0.355 e. The van der Waals surface area contributed by atoms with Crippen LogP contribution in [0.2, 0.25) is 0 Å². The minimum Gasteiger partial charge on any atom is -0.355 e. The van der Waals surface area contributed by atoms with Gasteiger partial charge in [-0.3, -0.25) is 4.79 Å². The molecule has 0 heterocycles. The van der Waals surface area contributed by atoms with Crippen LogP contribution in [0.25, 0.3) is 0 Å². The maximum absolute atomic E-state index is 12.1. The summed E-state index contributed by atoms with van der Waals surface area (Å²) in [6, 6.07) is 2.23. The molecule has 0 saturated heterocycles. The molecular formula is C14H24N2O. The number of carbonyl (C=O) groups is 1. The Kier molecular flexibility index (Phi) is 8.13. The van der Waals surface area contributed by atoms with Gasteiger partial charge in [0.25, 0.3) is 0 Å². The number of carbonyl (C=O) groups excluding carboxylic acids is 1. The maximum atomic E-state index is 12.1. The predicted molar refractivity (Wildman–Crippen MR) is 70.3 cm³/mol. The van der Waals surface area contributed by atoms with E-state index >= 15 is 0 Å². The van der Waals surface area contributed by atoms with Crippen LogP contribution in [0.15, 0.2) is 12.7 Å². The van der Waals surface area contributed by atoms with E-state index in [0.29, 0.717) is 19.4 Å². The van der Waals surface area contributed by atoms with E-state index in [9.17, 15) is 10.1 Å². The van der Waals surface area contributed by atoms with Crippen LogP contribution in [0.4, 0.5) is 0 Å². The highest BCUT2D eigenvalue weighted by Crippen LogP contribution is 2.29. The van der Waals surface area contributed by atoms with Crippen molar-refractivity contribution < 1.29 is 4.79 Å². The fourth-order valence-electron chi connectivity index (χ4n) is 1.99. The Labute approximate surface area is 105 Å². The van der Waals surface area contributed by atoms with Gasteiger partial charge in [-0.15, -0.1) is 6.58 Å². The van der Waals surface area contributed by atoms with E-state index in [1.54, 1.807) is 0 Å². The molecule has 0 radical (unpaired) electrons. The number of rotatable bonds is 9. The van der Waals surface area contributed by atoms with Crippen molar-refractivity contribution in [2.75, 3.05) is 6.54 Å². The van der Waals surface area contributed by atoms with Crippen LogP contribution in [0, 0.1) is 16.7 Å². The first-order valence-electron chi connectivity index (χ1n) is 6.47. The first-order valence-corrected chi connectivity index (χ1v) is 6.47. The highest BCUT2D eigenvalue weighted by atomic mass is 16.2. The molecule has 0 saturated carbocycles. The van der Waals surface area contributed by atoms with Gasteiger partial charge >= 0.3 is 0 Å². The average Bonchev–Trinajstić information content (AvgIpc) is 2.34. The molecule has 3 heteroatoms. The Morgan fingerprint density at radius 1 is 1.41 bits per heavy atom. The van der Waals surface area contributed by atoms with Crippen LogP contribution in [0.1, 0.15) is 52.4 Å². The summed E-state index contributed by atoms with van der Waals surface area (Å²) in [7, 11) is 0. The molecule has 17 heavy (non-hydrogen) atoms. The molecule has 0 aliphatic heterocycles. The Bertz CT molecular complexity index is 272. The van der Waals surface area contributed by atoms with Crippen molar-refractivity contribution >= 4 is 5.91 Å². The number of hydrogen-bond acceptors (Lipinski definition) is 2. The van der Waals surface area contributed by atoms with E-state index in [0.717, 1.165) is 25.7 Å². The van der Waals surface area contributed by atoms with Gasteiger partial charge in [-0.2, -0.15) is 5.26 Å². The van der Waals surface area contributed by atoms with Crippen molar-refractivity contribution in [1.82, 2.24) is 5.32 Å². The summed E-state index contributed by atoms with van der Waals surface area (Å²) in [5.74, 6) is -0.104. The third-order valence-electron chi connectivity index (χ3n) is 2.87. The van der Waals surface area contributed by atoms with Crippen LogP contribution < -0.4 is 5.32 Å². The Balaban J connectivity index is 4.41. The lowest BCUT2D eigenvalue weighted by atomic mass is 9.80. The Morgan fingerprint density at radius 2 is 2.00 bits per heavy atom. The second-order valence-corrected chi connectivity index (χ2v) is 4.38. The molecule has 0 atom stereocenters. The van der Waals surface area contributed by atoms with Gasteiger partial charge in [0.2, 0.25) is 5.91 Å². The van der Waals surface area contributed by atoms with E-state index in [2.05, 4.69) is 18.0 Å². The summed E-state index contributed by atoms with van der Waals surface area (Å²) in [5.41, 5.74) is -0.822. The molecule has 1 amide bonds. The summed E-state index contributed by atoms with van der Waals surface area (Å²) in [6.07, 6.45) is 6.61. The minimum atomic E-state index is -0.822.